The molecule has 1 atom stereocenters. The average molecular weight is 425 g/mol. The molecule has 30 heavy (non-hydrogen) atoms. The summed E-state index contributed by atoms with van der Waals surface area (Å²) in [5, 5.41) is 10.4. The van der Waals surface area contributed by atoms with Crippen LogP contribution in [-0.2, 0) is 4.79 Å². The van der Waals surface area contributed by atoms with Gasteiger partial charge in [0.25, 0.3) is 0 Å². The fourth-order valence-electron chi connectivity index (χ4n) is 3.64. The third kappa shape index (κ3) is 16.0. The quantitative estimate of drug-likeness (QED) is 0.251. The van der Waals surface area contributed by atoms with E-state index in [-0.39, 0.29) is 36.0 Å². The molecule has 0 saturated heterocycles. The van der Waals surface area contributed by atoms with E-state index in [1.807, 2.05) is 6.08 Å². The van der Waals surface area contributed by atoms with Crippen molar-refractivity contribution in [2.75, 3.05) is 0 Å². The number of carboxylic acids is 1. The van der Waals surface area contributed by atoms with E-state index < -0.39 is 5.97 Å². The Morgan fingerprint density at radius 1 is 0.900 bits per heavy atom. The van der Waals surface area contributed by atoms with E-state index in [1.165, 1.54) is 57.8 Å². The van der Waals surface area contributed by atoms with Crippen molar-refractivity contribution in [1.29, 1.82) is 0 Å². The van der Waals surface area contributed by atoms with E-state index in [9.17, 15) is 9.90 Å². The first-order valence-corrected chi connectivity index (χ1v) is 11.7. The molecule has 0 heterocycles. The number of hydrogen-bond donors (Lipinski definition) is 0. The van der Waals surface area contributed by atoms with Crippen molar-refractivity contribution < 1.29 is 44.2 Å². The largest absolute Gasteiger partial charge is 1.00 e. The number of aliphatic carboxylic acids is 1. The van der Waals surface area contributed by atoms with Crippen LogP contribution in [0.1, 0.15) is 109 Å². The van der Waals surface area contributed by atoms with Gasteiger partial charge in [-0.05, 0) is 56.2 Å². The Morgan fingerprint density at radius 3 is 1.90 bits per heavy atom. The van der Waals surface area contributed by atoms with Gasteiger partial charge in [-0.2, -0.15) is 0 Å². The van der Waals surface area contributed by atoms with Crippen molar-refractivity contribution in [2.45, 2.75) is 109 Å². The molecule has 1 aromatic carbocycles. The fourth-order valence-corrected chi connectivity index (χ4v) is 3.64. The zero-order valence-corrected chi connectivity index (χ0v) is 21.5. The molecule has 1 unspecified atom stereocenters. The van der Waals surface area contributed by atoms with Crippen molar-refractivity contribution >= 4 is 12.0 Å². The van der Waals surface area contributed by atoms with Gasteiger partial charge >= 0.3 is 29.6 Å². The van der Waals surface area contributed by atoms with Crippen molar-refractivity contribution in [2.24, 2.45) is 0 Å². The van der Waals surface area contributed by atoms with Crippen LogP contribution >= 0.6 is 0 Å². The Labute approximate surface area is 207 Å². The van der Waals surface area contributed by atoms with Gasteiger partial charge in [-0.15, -0.1) is 0 Å². The van der Waals surface area contributed by atoms with Crippen LogP contribution in [0.5, 0.6) is 5.75 Å². The Bertz CT molecular complexity index is 542. The average Bonchev–Trinajstić information content (AvgIpc) is 2.72. The number of ether oxygens (including phenoxy) is 1. The van der Waals surface area contributed by atoms with Gasteiger partial charge in [-0.3, -0.25) is 0 Å². The van der Waals surface area contributed by atoms with Gasteiger partial charge in [0.05, 0.1) is 6.10 Å². The predicted octanol–water partition coefficient (Wildman–Crippen LogP) is 3.70. The summed E-state index contributed by atoms with van der Waals surface area (Å²) in [6, 6.07) is 8.22. The molecule has 0 N–H and O–H groups in total. The first-order chi connectivity index (χ1) is 14.2. The topological polar surface area (TPSA) is 49.4 Å². The molecule has 0 fully saturated rings. The van der Waals surface area contributed by atoms with Crippen molar-refractivity contribution in [1.82, 2.24) is 0 Å². The molecule has 0 aliphatic rings. The number of carboxylic acid groups (broad SMARTS) is 1. The predicted molar refractivity (Wildman–Crippen MR) is 121 cm³/mol. The molecule has 0 aliphatic carbocycles. The normalized spacial score (nSPS) is 11.5. The first-order valence-electron chi connectivity index (χ1n) is 11.7. The molecule has 0 bridgehead atoms. The number of rotatable bonds is 19. The summed E-state index contributed by atoms with van der Waals surface area (Å²) in [4.78, 5) is 10.4. The molecule has 4 heteroatoms. The van der Waals surface area contributed by atoms with Crippen LogP contribution in [-0.4, -0.2) is 12.1 Å². The maximum Gasteiger partial charge on any atom is 1.00 e. The maximum atomic E-state index is 10.4. The summed E-state index contributed by atoms with van der Waals surface area (Å²) in [5.41, 5.74) is 1.12. The van der Waals surface area contributed by atoms with E-state index >= 15 is 0 Å². The van der Waals surface area contributed by atoms with Gasteiger partial charge in [-0.1, -0.05) is 89.5 Å². The van der Waals surface area contributed by atoms with Gasteiger partial charge in [0, 0.05) is 5.97 Å². The number of unbranched alkanes of at least 4 members (excludes halogenated alkanes) is 10. The summed E-state index contributed by atoms with van der Waals surface area (Å²) < 4.78 is 6.30. The minimum absolute atomic E-state index is 0. The van der Waals surface area contributed by atoms with Crippen LogP contribution in [0.4, 0.5) is 0 Å². The summed E-state index contributed by atoms with van der Waals surface area (Å²) in [6.07, 6.45) is 18.8. The van der Waals surface area contributed by atoms with Gasteiger partial charge in [0.15, 0.2) is 0 Å². The minimum atomic E-state index is -0.923. The first kappa shape index (κ1) is 29.2. The van der Waals surface area contributed by atoms with Crippen molar-refractivity contribution in [3.8, 4) is 5.75 Å². The van der Waals surface area contributed by atoms with E-state index in [1.54, 1.807) is 0 Å². The van der Waals surface area contributed by atoms with E-state index in [0.29, 0.717) is 6.10 Å². The van der Waals surface area contributed by atoms with Crippen LogP contribution in [0.3, 0.4) is 0 Å². The maximum absolute atomic E-state index is 10.4. The summed E-state index contributed by atoms with van der Waals surface area (Å²) in [5.74, 6) is 0.0424. The SMILES string of the molecule is C=Cc1ccc(OC(CCCCCC)CCCCCCCCCCC(=O)[O-])cc1.[Na+]. The molecular weight excluding hydrogens is 383 g/mol. The standard InChI is InChI=1S/C26H42O3.Na/c1-3-5-6-13-16-24(29-25-21-19-23(4-2)20-22-25)17-14-11-9-7-8-10-12-15-18-26(27)28;/h4,19-22,24H,2-3,5-18H2,1H3,(H,27,28);/q;+1/p-1. The van der Waals surface area contributed by atoms with E-state index in [2.05, 4.69) is 37.8 Å². The van der Waals surface area contributed by atoms with Crippen LogP contribution < -0.4 is 39.4 Å². The Balaban J connectivity index is 0.00000841. The van der Waals surface area contributed by atoms with Crippen LogP contribution in [0.15, 0.2) is 30.8 Å². The van der Waals surface area contributed by atoms with Gasteiger partial charge < -0.3 is 14.6 Å². The molecule has 164 valence electrons. The molecular formula is C26H41NaO3. The third-order valence-corrected chi connectivity index (χ3v) is 5.46. The number of carbonyl (C=O) groups is 1. The molecule has 0 amide bonds. The molecule has 1 rings (SSSR count). The molecule has 3 nitrogen and oxygen atoms in total. The van der Waals surface area contributed by atoms with Crippen molar-refractivity contribution in [3.05, 3.63) is 36.4 Å². The Morgan fingerprint density at radius 2 is 1.40 bits per heavy atom. The van der Waals surface area contributed by atoms with E-state index in [4.69, 9.17) is 4.74 Å². The van der Waals surface area contributed by atoms with Crippen LogP contribution in [0.25, 0.3) is 6.08 Å². The van der Waals surface area contributed by atoms with Gasteiger partial charge in [0.2, 0.25) is 0 Å². The third-order valence-electron chi connectivity index (χ3n) is 5.46. The second-order valence-corrected chi connectivity index (χ2v) is 8.10. The number of carbonyl (C=O) groups excluding carboxylic acids is 1. The minimum Gasteiger partial charge on any atom is -0.550 e. The summed E-state index contributed by atoms with van der Waals surface area (Å²) >= 11 is 0. The van der Waals surface area contributed by atoms with Crippen LogP contribution in [0.2, 0.25) is 0 Å². The smallest absolute Gasteiger partial charge is 0.550 e. The van der Waals surface area contributed by atoms with Crippen LogP contribution in [0, 0.1) is 0 Å². The second kappa shape index (κ2) is 20.2. The number of hydrogen-bond acceptors (Lipinski definition) is 3. The molecule has 0 aliphatic heterocycles. The second-order valence-electron chi connectivity index (χ2n) is 8.10. The number of benzene rings is 1. The molecule has 0 saturated carbocycles. The summed E-state index contributed by atoms with van der Waals surface area (Å²) in [6.45, 7) is 6.05. The Hall–Kier alpha value is -0.770. The van der Waals surface area contributed by atoms with Gasteiger partial charge in [-0.25, -0.2) is 0 Å². The zero-order valence-electron chi connectivity index (χ0n) is 19.5. The molecule has 0 radical (unpaired) electrons. The Kier molecular flexibility index (Phi) is 19.6. The molecule has 0 aromatic heterocycles. The van der Waals surface area contributed by atoms with E-state index in [0.717, 1.165) is 43.4 Å². The van der Waals surface area contributed by atoms with Gasteiger partial charge in [0.1, 0.15) is 5.75 Å². The molecule has 0 spiro atoms. The summed E-state index contributed by atoms with van der Waals surface area (Å²) in [7, 11) is 0. The zero-order chi connectivity index (χ0) is 21.2. The fraction of sp³-hybridized carbons (Fsp3) is 0.654. The van der Waals surface area contributed by atoms with Crippen molar-refractivity contribution in [3.63, 3.8) is 0 Å². The monoisotopic (exact) mass is 424 g/mol. The molecule has 1 aromatic rings.